The Balaban J connectivity index is 2.63. The summed E-state index contributed by atoms with van der Waals surface area (Å²) < 4.78 is 5.40. The maximum absolute atomic E-state index is 8.79. The summed E-state index contributed by atoms with van der Waals surface area (Å²) in [5, 5.41) is 8.79. The Hall–Kier alpha value is -2.28. The van der Waals surface area contributed by atoms with Gasteiger partial charge in [0.25, 0.3) is 0 Å². The van der Waals surface area contributed by atoms with Gasteiger partial charge in [0.15, 0.2) is 0 Å². The number of aromatic nitrogens is 2. The van der Waals surface area contributed by atoms with Crippen LogP contribution >= 0.6 is 0 Å². The van der Waals surface area contributed by atoms with Crippen molar-refractivity contribution in [2.24, 2.45) is 0 Å². The minimum Gasteiger partial charge on any atom is -0.496 e. The van der Waals surface area contributed by atoms with Crippen molar-refractivity contribution in [3.8, 4) is 23.1 Å². The van der Waals surface area contributed by atoms with Gasteiger partial charge in [-0.15, -0.1) is 0 Å². The van der Waals surface area contributed by atoms with E-state index >= 15 is 0 Å². The van der Waals surface area contributed by atoms with Gasteiger partial charge in [0, 0.05) is 5.56 Å². The molecule has 0 saturated heterocycles. The summed E-state index contributed by atoms with van der Waals surface area (Å²) in [5.74, 6) is 1.24. The largest absolute Gasteiger partial charge is 0.496 e. The van der Waals surface area contributed by atoms with Gasteiger partial charge in [-0.1, -0.05) is 0 Å². The molecule has 0 aliphatic carbocycles. The molecule has 1 N–H and O–H groups in total. The molecule has 0 aliphatic heterocycles. The monoisotopic (exact) mass is 241 g/mol. The number of hydrogen-bond acceptors (Lipinski definition) is 3. The molecule has 2 rings (SSSR count). The van der Waals surface area contributed by atoms with Crippen molar-refractivity contribution in [2.45, 2.75) is 20.8 Å². The summed E-state index contributed by atoms with van der Waals surface area (Å²) in [6.07, 6.45) is 1.69. The number of nitrogens with one attached hydrogen (secondary N) is 1. The van der Waals surface area contributed by atoms with E-state index in [2.05, 4.69) is 16.0 Å². The van der Waals surface area contributed by atoms with Crippen LogP contribution in [0.15, 0.2) is 12.3 Å². The van der Waals surface area contributed by atoms with Crippen molar-refractivity contribution in [3.63, 3.8) is 0 Å². The Kier molecular flexibility index (Phi) is 3.07. The van der Waals surface area contributed by atoms with Crippen molar-refractivity contribution < 1.29 is 4.74 Å². The molecule has 0 saturated carbocycles. The predicted molar refractivity (Wildman–Crippen MR) is 69.5 cm³/mol. The zero-order chi connectivity index (χ0) is 13.3. The first-order valence-electron chi connectivity index (χ1n) is 5.68. The lowest BCUT2D eigenvalue weighted by molar-refractivity contribution is 0.408. The molecule has 18 heavy (non-hydrogen) atoms. The van der Waals surface area contributed by atoms with Crippen LogP contribution in [0.4, 0.5) is 0 Å². The van der Waals surface area contributed by atoms with Crippen LogP contribution in [0.2, 0.25) is 0 Å². The van der Waals surface area contributed by atoms with Crippen LogP contribution in [0, 0.1) is 32.1 Å². The minimum absolute atomic E-state index is 0.329. The van der Waals surface area contributed by atoms with E-state index in [-0.39, 0.29) is 0 Å². The summed E-state index contributed by atoms with van der Waals surface area (Å²) >= 11 is 0. The molecule has 0 atom stereocenters. The highest BCUT2D eigenvalue weighted by Gasteiger charge is 2.13. The number of aryl methyl sites for hydroxylation is 1. The van der Waals surface area contributed by atoms with E-state index in [0.717, 1.165) is 33.7 Å². The molecule has 0 aliphatic rings. The second-order valence-electron chi connectivity index (χ2n) is 4.28. The molecule has 0 bridgehead atoms. The van der Waals surface area contributed by atoms with E-state index in [4.69, 9.17) is 10.00 Å². The number of ether oxygens (including phenoxy) is 1. The summed E-state index contributed by atoms with van der Waals surface area (Å²) in [4.78, 5) is 7.01. The molecule has 92 valence electrons. The maximum Gasteiger partial charge on any atom is 0.210 e. The fraction of sp³-hybridized carbons (Fsp3) is 0.286. The number of H-pyrrole nitrogens is 1. The third kappa shape index (κ3) is 1.84. The summed E-state index contributed by atoms with van der Waals surface area (Å²) in [6.45, 7) is 6.09. The summed E-state index contributed by atoms with van der Waals surface area (Å²) in [5.41, 5.74) is 5.23. The summed E-state index contributed by atoms with van der Waals surface area (Å²) in [6, 6.07) is 4.05. The number of rotatable bonds is 2. The third-order valence-corrected chi connectivity index (χ3v) is 3.20. The Labute approximate surface area is 106 Å². The van der Waals surface area contributed by atoms with Crippen LogP contribution in [0.3, 0.4) is 0 Å². The van der Waals surface area contributed by atoms with Crippen molar-refractivity contribution in [1.29, 1.82) is 5.26 Å². The van der Waals surface area contributed by atoms with Gasteiger partial charge in [-0.2, -0.15) is 5.26 Å². The van der Waals surface area contributed by atoms with Crippen molar-refractivity contribution in [1.82, 2.24) is 9.97 Å². The van der Waals surface area contributed by atoms with E-state index in [1.54, 1.807) is 13.3 Å². The lowest BCUT2D eigenvalue weighted by Gasteiger charge is -2.14. The smallest absolute Gasteiger partial charge is 0.210 e. The average molecular weight is 241 g/mol. The van der Waals surface area contributed by atoms with Gasteiger partial charge < -0.3 is 9.72 Å². The number of nitriles is 1. The minimum atomic E-state index is 0.329. The molecule has 0 fully saturated rings. The Morgan fingerprint density at radius 3 is 2.56 bits per heavy atom. The van der Waals surface area contributed by atoms with Gasteiger partial charge in [0.05, 0.1) is 19.0 Å². The standard InChI is InChI=1S/C14H15N3O/c1-8-5-11(9(2)10(3)14(8)18-4)12-7-16-13(6-15)17-12/h5,7H,1-4H3,(H,16,17). The fourth-order valence-electron chi connectivity index (χ4n) is 2.17. The van der Waals surface area contributed by atoms with Gasteiger partial charge in [-0.25, -0.2) is 4.98 Å². The number of benzene rings is 1. The highest BCUT2D eigenvalue weighted by molar-refractivity contribution is 5.69. The van der Waals surface area contributed by atoms with E-state index in [9.17, 15) is 0 Å². The molecule has 0 radical (unpaired) electrons. The topological polar surface area (TPSA) is 61.7 Å². The Morgan fingerprint density at radius 2 is 2.00 bits per heavy atom. The van der Waals surface area contributed by atoms with Gasteiger partial charge in [0.2, 0.25) is 5.82 Å². The van der Waals surface area contributed by atoms with Crippen molar-refractivity contribution in [2.75, 3.05) is 7.11 Å². The first kappa shape index (κ1) is 12.2. The molecule has 1 heterocycles. The molecule has 1 aromatic heterocycles. The molecule has 0 spiro atoms. The number of hydrogen-bond donors (Lipinski definition) is 1. The maximum atomic E-state index is 8.79. The van der Waals surface area contributed by atoms with Crippen LogP contribution < -0.4 is 4.74 Å². The average Bonchev–Trinajstić information content (AvgIpc) is 2.83. The molecular weight excluding hydrogens is 226 g/mol. The molecule has 4 heteroatoms. The Bertz CT molecular complexity index is 635. The lowest BCUT2D eigenvalue weighted by Crippen LogP contribution is -1.96. The molecule has 1 aromatic carbocycles. The second-order valence-corrected chi connectivity index (χ2v) is 4.28. The molecule has 0 unspecified atom stereocenters. The number of nitrogens with zero attached hydrogens (tertiary/aromatic N) is 2. The summed E-state index contributed by atoms with van der Waals surface area (Å²) in [7, 11) is 1.68. The second kappa shape index (κ2) is 4.53. The normalized spacial score (nSPS) is 10.2. The van der Waals surface area contributed by atoms with Crippen molar-refractivity contribution >= 4 is 0 Å². The molecule has 4 nitrogen and oxygen atoms in total. The van der Waals surface area contributed by atoms with E-state index < -0.39 is 0 Å². The quantitative estimate of drug-likeness (QED) is 0.879. The van der Waals surface area contributed by atoms with Crippen LogP contribution in [0.5, 0.6) is 5.75 Å². The molecule has 0 amide bonds. The fourth-order valence-corrected chi connectivity index (χ4v) is 2.17. The van der Waals surface area contributed by atoms with E-state index in [1.807, 2.05) is 26.8 Å². The predicted octanol–water partition coefficient (Wildman–Crippen LogP) is 2.88. The van der Waals surface area contributed by atoms with Gasteiger partial charge in [-0.3, -0.25) is 0 Å². The zero-order valence-corrected chi connectivity index (χ0v) is 11.0. The van der Waals surface area contributed by atoms with Crippen LogP contribution in [0.25, 0.3) is 11.3 Å². The van der Waals surface area contributed by atoms with Crippen molar-refractivity contribution in [3.05, 3.63) is 34.8 Å². The first-order valence-corrected chi connectivity index (χ1v) is 5.68. The SMILES string of the molecule is COc1c(C)cc(-c2cnc(C#N)[nH]2)c(C)c1C. The third-order valence-electron chi connectivity index (χ3n) is 3.20. The van der Waals surface area contributed by atoms with Gasteiger partial charge in [0.1, 0.15) is 11.8 Å². The van der Waals surface area contributed by atoms with E-state index in [1.165, 1.54) is 0 Å². The van der Waals surface area contributed by atoms with Crippen LogP contribution in [-0.2, 0) is 0 Å². The van der Waals surface area contributed by atoms with Gasteiger partial charge in [-0.05, 0) is 43.5 Å². The van der Waals surface area contributed by atoms with Gasteiger partial charge >= 0.3 is 0 Å². The number of methoxy groups -OCH3 is 1. The molecule has 2 aromatic rings. The number of aromatic amines is 1. The van der Waals surface area contributed by atoms with Crippen LogP contribution in [-0.4, -0.2) is 17.1 Å². The number of imidazole rings is 1. The van der Waals surface area contributed by atoms with E-state index in [0.29, 0.717) is 5.82 Å². The molecular formula is C14H15N3O. The lowest BCUT2D eigenvalue weighted by atomic mass is 9.97. The zero-order valence-electron chi connectivity index (χ0n) is 11.0. The highest BCUT2D eigenvalue weighted by Crippen LogP contribution is 2.33. The highest BCUT2D eigenvalue weighted by atomic mass is 16.5. The van der Waals surface area contributed by atoms with Crippen LogP contribution in [0.1, 0.15) is 22.5 Å². The first-order chi connectivity index (χ1) is 8.58. The Morgan fingerprint density at radius 1 is 1.28 bits per heavy atom.